The number of amides is 1. The summed E-state index contributed by atoms with van der Waals surface area (Å²) in [6.07, 6.45) is 3.15. The average Bonchev–Trinajstić information content (AvgIpc) is 3.40. The van der Waals surface area contributed by atoms with Gasteiger partial charge in [0.1, 0.15) is 23.4 Å². The number of fused-ring (bicyclic) bond motifs is 2. The second-order valence-electron chi connectivity index (χ2n) is 10.3. The molecule has 3 atom stereocenters. The Balaban J connectivity index is 1.17. The van der Waals surface area contributed by atoms with Crippen molar-refractivity contribution < 1.29 is 13.6 Å². The summed E-state index contributed by atoms with van der Waals surface area (Å²) >= 11 is 0. The highest BCUT2D eigenvalue weighted by atomic mass is 19.3. The third-order valence-corrected chi connectivity index (χ3v) is 7.91. The van der Waals surface area contributed by atoms with Gasteiger partial charge in [0.15, 0.2) is 0 Å². The number of alkyl halides is 2. The lowest BCUT2D eigenvalue weighted by atomic mass is 10.2. The standard InChI is InChI=1S/C27H27F2N9O3/c1-4-5-9-37-24(40)21-22(35(3)26(37)41)32-14-38(21)15(2)23(39)34-20-8-6-7-19(33-20)16-10-30-25(31-11-16)36-12-17-18(13-36)27(17,28)29/h6-8,10-11,15,17-18,32H,9,12-14H2,1-3H3,(H,33,34,39)/t15-,17?,18?/m0/s1. The molecule has 0 aromatic carbocycles. The first-order valence-corrected chi connectivity index (χ1v) is 13.1. The number of rotatable bonds is 6. The van der Waals surface area contributed by atoms with E-state index in [9.17, 15) is 23.2 Å². The lowest BCUT2D eigenvalue weighted by molar-refractivity contribution is -0.117. The van der Waals surface area contributed by atoms with Gasteiger partial charge in [0, 0.05) is 38.1 Å². The van der Waals surface area contributed by atoms with Crippen LogP contribution in [0.4, 0.5) is 32.1 Å². The maximum Gasteiger partial charge on any atom is 0.333 e. The summed E-state index contributed by atoms with van der Waals surface area (Å²) in [6, 6.07) is 4.32. The number of halogens is 2. The van der Waals surface area contributed by atoms with Crippen molar-refractivity contribution in [3.05, 3.63) is 51.4 Å². The maximum absolute atomic E-state index is 13.5. The number of anilines is 4. The van der Waals surface area contributed by atoms with Crippen LogP contribution in [-0.2, 0) is 18.4 Å². The molecule has 41 heavy (non-hydrogen) atoms. The molecule has 0 radical (unpaired) electrons. The Bertz CT molecular complexity index is 1710. The van der Waals surface area contributed by atoms with E-state index in [1.165, 1.54) is 4.57 Å². The largest absolute Gasteiger partial charge is 0.352 e. The van der Waals surface area contributed by atoms with Gasteiger partial charge in [0.05, 0.1) is 30.7 Å². The average molecular weight is 564 g/mol. The molecule has 3 aromatic heterocycles. The van der Waals surface area contributed by atoms with Crippen LogP contribution in [0.25, 0.3) is 11.3 Å². The second-order valence-corrected chi connectivity index (χ2v) is 10.3. The Morgan fingerprint density at radius 2 is 1.93 bits per heavy atom. The number of carbonyl (C=O) groups excluding carboxylic acids is 1. The number of piperidine rings is 1. The van der Waals surface area contributed by atoms with Crippen molar-refractivity contribution in [3.63, 3.8) is 0 Å². The van der Waals surface area contributed by atoms with E-state index < -0.39 is 41.0 Å². The van der Waals surface area contributed by atoms with Crippen molar-refractivity contribution in [2.45, 2.75) is 32.4 Å². The first-order valence-electron chi connectivity index (χ1n) is 13.1. The van der Waals surface area contributed by atoms with Crippen molar-refractivity contribution in [2.24, 2.45) is 18.9 Å². The summed E-state index contributed by atoms with van der Waals surface area (Å²) in [5.41, 5.74) is 0.298. The third-order valence-electron chi connectivity index (χ3n) is 7.91. The number of aromatic nitrogens is 5. The van der Waals surface area contributed by atoms with Crippen LogP contribution in [0.2, 0.25) is 0 Å². The highest BCUT2D eigenvalue weighted by molar-refractivity contribution is 5.97. The van der Waals surface area contributed by atoms with Crippen molar-refractivity contribution in [2.75, 3.05) is 40.2 Å². The first kappa shape index (κ1) is 26.4. The van der Waals surface area contributed by atoms with Gasteiger partial charge < -0.3 is 20.4 Å². The summed E-state index contributed by atoms with van der Waals surface area (Å²) in [5, 5.41) is 5.82. The molecule has 0 bridgehead atoms. The van der Waals surface area contributed by atoms with Crippen molar-refractivity contribution >= 4 is 29.2 Å². The van der Waals surface area contributed by atoms with Gasteiger partial charge in [0.25, 0.3) is 11.5 Å². The third kappa shape index (κ3) is 4.37. The van der Waals surface area contributed by atoms with Crippen LogP contribution in [0.1, 0.15) is 13.8 Å². The van der Waals surface area contributed by atoms with Gasteiger partial charge in [-0.1, -0.05) is 12.0 Å². The molecule has 5 heterocycles. The Hall–Kier alpha value is -4.80. The molecule has 1 amide bonds. The molecular formula is C27H27F2N9O3. The molecule has 2 unspecified atom stereocenters. The van der Waals surface area contributed by atoms with Gasteiger partial charge >= 0.3 is 5.69 Å². The van der Waals surface area contributed by atoms with Crippen LogP contribution in [-0.4, -0.2) is 61.7 Å². The molecule has 2 N–H and O–H groups in total. The molecule has 3 aliphatic rings. The molecular weight excluding hydrogens is 536 g/mol. The van der Waals surface area contributed by atoms with Gasteiger partial charge in [0.2, 0.25) is 11.9 Å². The van der Waals surface area contributed by atoms with E-state index in [2.05, 4.69) is 37.4 Å². The van der Waals surface area contributed by atoms with Crippen molar-refractivity contribution in [1.29, 1.82) is 0 Å². The molecule has 3 aromatic rings. The number of nitrogens with one attached hydrogen (secondary N) is 2. The van der Waals surface area contributed by atoms with E-state index in [1.54, 1.807) is 61.3 Å². The predicted octanol–water partition coefficient (Wildman–Crippen LogP) is 1.34. The topological polar surface area (TPSA) is 130 Å². The molecule has 14 heteroatoms. The van der Waals surface area contributed by atoms with E-state index >= 15 is 0 Å². The molecule has 2 fully saturated rings. The summed E-state index contributed by atoms with van der Waals surface area (Å²) in [6.45, 7) is 3.85. The van der Waals surface area contributed by atoms with Crippen LogP contribution in [0.5, 0.6) is 0 Å². The van der Waals surface area contributed by atoms with E-state index in [0.29, 0.717) is 23.0 Å². The minimum atomic E-state index is -2.57. The SMILES string of the molecule is CC#CCn1c(=O)c2c(n(C)c1=O)NCN2[C@@H](C)C(=O)Nc1cccc(-c2cnc(N3CC4C(C3)C4(F)F)nc2)n1. The van der Waals surface area contributed by atoms with Crippen LogP contribution in [0.3, 0.4) is 0 Å². The Kier molecular flexibility index (Phi) is 6.24. The fourth-order valence-corrected chi connectivity index (χ4v) is 5.41. The smallest absolute Gasteiger partial charge is 0.333 e. The second kappa shape index (κ2) is 9.69. The van der Waals surface area contributed by atoms with Gasteiger partial charge in [-0.15, -0.1) is 5.92 Å². The lowest BCUT2D eigenvalue weighted by Crippen LogP contribution is -2.46. The van der Waals surface area contributed by atoms with Gasteiger partial charge in [-0.25, -0.2) is 33.1 Å². The fourth-order valence-electron chi connectivity index (χ4n) is 5.41. The Labute approximate surface area is 233 Å². The maximum atomic E-state index is 13.5. The quantitative estimate of drug-likeness (QED) is 0.427. The number of hydrogen-bond acceptors (Lipinski definition) is 9. The predicted molar refractivity (Wildman–Crippen MR) is 148 cm³/mol. The lowest BCUT2D eigenvalue weighted by Gasteiger charge is -2.24. The first-order chi connectivity index (χ1) is 19.6. The number of hydrogen-bond donors (Lipinski definition) is 2. The molecule has 6 rings (SSSR count). The summed E-state index contributed by atoms with van der Waals surface area (Å²) < 4.78 is 29.4. The van der Waals surface area contributed by atoms with Crippen LogP contribution < -0.4 is 31.7 Å². The molecule has 0 spiro atoms. The van der Waals surface area contributed by atoms with Crippen LogP contribution in [0, 0.1) is 23.7 Å². The zero-order valence-corrected chi connectivity index (χ0v) is 22.6. The molecule has 1 aliphatic carbocycles. The number of nitrogens with zero attached hydrogens (tertiary/aromatic N) is 7. The molecule has 12 nitrogen and oxygen atoms in total. The van der Waals surface area contributed by atoms with E-state index in [1.807, 2.05) is 0 Å². The highest BCUT2D eigenvalue weighted by Gasteiger charge is 2.72. The zero-order valence-electron chi connectivity index (χ0n) is 22.6. The van der Waals surface area contributed by atoms with E-state index in [4.69, 9.17) is 0 Å². The summed E-state index contributed by atoms with van der Waals surface area (Å²) in [4.78, 5) is 55.6. The Morgan fingerprint density at radius 3 is 2.61 bits per heavy atom. The monoisotopic (exact) mass is 563 g/mol. The van der Waals surface area contributed by atoms with E-state index in [-0.39, 0.29) is 37.8 Å². The summed E-state index contributed by atoms with van der Waals surface area (Å²) in [7, 11) is 1.55. The minimum Gasteiger partial charge on any atom is -0.352 e. The highest BCUT2D eigenvalue weighted by Crippen LogP contribution is 2.59. The number of pyridine rings is 1. The minimum absolute atomic E-state index is 0.0554. The molecule has 212 valence electrons. The Morgan fingerprint density at radius 1 is 1.22 bits per heavy atom. The van der Waals surface area contributed by atoms with Crippen LogP contribution >= 0.6 is 0 Å². The van der Waals surface area contributed by atoms with Crippen molar-refractivity contribution in [3.8, 4) is 23.1 Å². The normalized spacial score (nSPS) is 20.4. The molecule has 1 saturated carbocycles. The van der Waals surface area contributed by atoms with Gasteiger partial charge in [-0.2, -0.15) is 0 Å². The summed E-state index contributed by atoms with van der Waals surface area (Å²) in [5.74, 6) is 2.22. The van der Waals surface area contributed by atoms with Gasteiger partial charge in [-0.3, -0.25) is 14.2 Å². The molecule has 2 aliphatic heterocycles. The van der Waals surface area contributed by atoms with Crippen LogP contribution in [0.15, 0.2) is 40.2 Å². The van der Waals surface area contributed by atoms with E-state index in [0.717, 1.165) is 4.57 Å². The van der Waals surface area contributed by atoms with Crippen molar-refractivity contribution in [1.82, 2.24) is 24.1 Å². The number of carbonyl (C=O) groups is 1. The fraction of sp³-hybridized carbons (Fsp3) is 0.407. The zero-order chi connectivity index (χ0) is 29.1. The molecule has 1 saturated heterocycles. The van der Waals surface area contributed by atoms with Gasteiger partial charge in [-0.05, 0) is 26.0 Å².